The molecule has 3 rings (SSSR count). The Morgan fingerprint density at radius 3 is 2.35 bits per heavy atom. The molecule has 1 fully saturated rings. The van der Waals surface area contributed by atoms with Crippen molar-refractivity contribution in [1.29, 1.82) is 0 Å². The van der Waals surface area contributed by atoms with Gasteiger partial charge in [0.1, 0.15) is 23.7 Å². The number of sulfonamides is 1. The predicted octanol–water partition coefficient (Wildman–Crippen LogP) is 5.48. The van der Waals surface area contributed by atoms with Crippen LogP contribution in [0, 0.1) is 17.8 Å². The third-order valence-corrected chi connectivity index (χ3v) is 11.8. The molecular weight excluding hydrogens is 711 g/mol. The van der Waals surface area contributed by atoms with E-state index >= 15 is 0 Å². The van der Waals surface area contributed by atoms with E-state index in [4.69, 9.17) is 15.2 Å². The van der Waals surface area contributed by atoms with Crippen LogP contribution in [0.15, 0.2) is 28.1 Å². The molecule has 0 saturated heterocycles. The largest absolute Gasteiger partial charge is 0.488 e. The maximum Gasteiger partial charge on any atom is 0.305 e. The fraction of sp³-hybridized carbons (Fsp3) is 0.725. The van der Waals surface area contributed by atoms with E-state index in [1.54, 1.807) is 12.1 Å². The van der Waals surface area contributed by atoms with Crippen LogP contribution < -0.4 is 25.8 Å². The third-order valence-electron chi connectivity index (χ3n) is 10.4. The zero-order valence-electron chi connectivity index (χ0n) is 33.1. The molecule has 0 spiro atoms. The SMILES string of the molecule is COC(=O)CCCCCCCCC(C(=O)N[C@@H](CCCN=C(N)NS(=O)(=O)c1ccc2c(c1)CCC(C)(C)O2)C(=O)NC(C=O)CC(C)C)C1CCCC1. The Kier molecular flexibility index (Phi) is 18.2. The number of unbranched alkanes of at least 4 members (excludes halogenated alkanes) is 5. The number of esters is 1. The van der Waals surface area contributed by atoms with E-state index in [0.29, 0.717) is 31.4 Å². The summed E-state index contributed by atoms with van der Waals surface area (Å²) >= 11 is 0. The fourth-order valence-electron chi connectivity index (χ4n) is 7.40. The van der Waals surface area contributed by atoms with Crippen molar-refractivity contribution >= 4 is 40.1 Å². The maximum atomic E-state index is 13.9. The van der Waals surface area contributed by atoms with Gasteiger partial charge in [-0.25, -0.2) is 13.1 Å². The van der Waals surface area contributed by atoms with E-state index in [1.807, 2.05) is 27.7 Å². The molecule has 1 aliphatic carbocycles. The lowest BCUT2D eigenvalue weighted by atomic mass is 9.85. The van der Waals surface area contributed by atoms with E-state index in [9.17, 15) is 27.6 Å². The molecule has 3 atom stereocenters. The zero-order valence-corrected chi connectivity index (χ0v) is 33.9. The first-order valence-corrected chi connectivity index (χ1v) is 21.4. The van der Waals surface area contributed by atoms with Crippen molar-refractivity contribution in [3.8, 4) is 5.75 Å². The number of ether oxygens (including phenoxy) is 2. The summed E-state index contributed by atoms with van der Waals surface area (Å²) in [6.45, 7) is 8.03. The molecule has 0 aromatic heterocycles. The van der Waals surface area contributed by atoms with Gasteiger partial charge < -0.3 is 30.6 Å². The second-order valence-electron chi connectivity index (χ2n) is 16.0. The maximum absolute atomic E-state index is 13.9. The Morgan fingerprint density at radius 2 is 1.69 bits per heavy atom. The van der Waals surface area contributed by atoms with Crippen LogP contribution in [0.25, 0.3) is 0 Å². The summed E-state index contributed by atoms with van der Waals surface area (Å²) in [6, 6.07) is 3.14. The molecule has 1 heterocycles. The number of nitrogens with two attached hydrogens (primary N) is 1. The van der Waals surface area contributed by atoms with Crippen molar-refractivity contribution in [3.63, 3.8) is 0 Å². The van der Waals surface area contributed by atoms with Gasteiger partial charge in [0.15, 0.2) is 0 Å². The number of aldehydes is 1. The van der Waals surface area contributed by atoms with Crippen LogP contribution in [-0.4, -0.2) is 69.8 Å². The molecule has 0 radical (unpaired) electrons. The number of aliphatic imine (C=N–C) groups is 1. The quantitative estimate of drug-likeness (QED) is 0.0366. The molecule has 2 amide bonds. The van der Waals surface area contributed by atoms with E-state index in [0.717, 1.165) is 88.9 Å². The average Bonchev–Trinajstić information content (AvgIpc) is 3.65. The minimum absolute atomic E-state index is 0.0562. The minimum atomic E-state index is -4.00. The number of benzene rings is 1. The molecule has 1 aromatic rings. The van der Waals surface area contributed by atoms with Gasteiger partial charge in [0, 0.05) is 18.9 Å². The van der Waals surface area contributed by atoms with Crippen LogP contribution >= 0.6 is 0 Å². The van der Waals surface area contributed by atoms with Gasteiger partial charge >= 0.3 is 5.97 Å². The Balaban J connectivity index is 1.61. The summed E-state index contributed by atoms with van der Waals surface area (Å²) in [5.41, 5.74) is 6.50. The molecule has 304 valence electrons. The third kappa shape index (κ3) is 15.2. The molecule has 5 N–H and O–H groups in total. The Morgan fingerprint density at radius 1 is 1.00 bits per heavy atom. The number of carbonyl (C=O) groups excluding carboxylic acids is 4. The Hall–Kier alpha value is -3.68. The van der Waals surface area contributed by atoms with Gasteiger partial charge in [-0.2, -0.15) is 0 Å². The number of rotatable bonds is 23. The van der Waals surface area contributed by atoms with Gasteiger partial charge in [0.2, 0.25) is 17.8 Å². The van der Waals surface area contributed by atoms with Crippen molar-refractivity contribution in [2.75, 3.05) is 13.7 Å². The van der Waals surface area contributed by atoms with E-state index in [2.05, 4.69) is 20.3 Å². The number of hydrogen-bond acceptors (Lipinski definition) is 9. The van der Waals surface area contributed by atoms with E-state index in [-0.39, 0.29) is 59.1 Å². The van der Waals surface area contributed by atoms with Crippen LogP contribution in [0.1, 0.15) is 136 Å². The number of nitrogens with zero attached hydrogens (tertiary/aromatic N) is 1. The second kappa shape index (κ2) is 22.0. The lowest BCUT2D eigenvalue weighted by Gasteiger charge is -2.32. The number of fused-ring (bicyclic) bond motifs is 1. The number of guanidine groups is 1. The molecule has 13 nitrogen and oxygen atoms in total. The molecule has 1 aliphatic heterocycles. The number of carbonyl (C=O) groups is 4. The number of hydrogen-bond donors (Lipinski definition) is 4. The molecular formula is C40H65N5O8S. The second-order valence-corrected chi connectivity index (χ2v) is 17.7. The highest BCUT2D eigenvalue weighted by Crippen LogP contribution is 2.35. The highest BCUT2D eigenvalue weighted by Gasteiger charge is 2.33. The van der Waals surface area contributed by atoms with Crippen molar-refractivity contribution in [3.05, 3.63) is 23.8 Å². The molecule has 1 saturated carbocycles. The molecule has 14 heteroatoms. The van der Waals surface area contributed by atoms with Crippen LogP contribution in [0.3, 0.4) is 0 Å². The van der Waals surface area contributed by atoms with Crippen molar-refractivity contribution < 1.29 is 37.1 Å². The van der Waals surface area contributed by atoms with Gasteiger partial charge in [-0.1, -0.05) is 58.8 Å². The van der Waals surface area contributed by atoms with Crippen LogP contribution in [-0.2, 0) is 40.4 Å². The lowest BCUT2D eigenvalue weighted by molar-refractivity contribution is -0.140. The molecule has 2 unspecified atom stereocenters. The van der Waals surface area contributed by atoms with Gasteiger partial charge in [0.05, 0.1) is 18.0 Å². The highest BCUT2D eigenvalue weighted by molar-refractivity contribution is 7.90. The molecule has 2 aliphatic rings. The van der Waals surface area contributed by atoms with E-state index in [1.165, 1.54) is 13.2 Å². The average molecular weight is 776 g/mol. The van der Waals surface area contributed by atoms with Crippen molar-refractivity contribution in [2.45, 2.75) is 159 Å². The van der Waals surface area contributed by atoms with Crippen molar-refractivity contribution in [2.24, 2.45) is 28.5 Å². The first-order chi connectivity index (χ1) is 25.6. The summed E-state index contributed by atoms with van der Waals surface area (Å²) in [5.74, 6) is -0.175. The zero-order chi connectivity index (χ0) is 39.7. The fourth-order valence-corrected chi connectivity index (χ4v) is 8.40. The summed E-state index contributed by atoms with van der Waals surface area (Å²) in [4.78, 5) is 54.9. The van der Waals surface area contributed by atoms with Crippen LogP contribution in [0.5, 0.6) is 5.75 Å². The first kappa shape index (κ1) is 44.7. The first-order valence-electron chi connectivity index (χ1n) is 19.9. The van der Waals surface area contributed by atoms with Gasteiger partial charge in [-0.3, -0.25) is 19.4 Å². The summed E-state index contributed by atoms with van der Waals surface area (Å²) < 4.78 is 39.2. The summed E-state index contributed by atoms with van der Waals surface area (Å²) in [5, 5.41) is 5.84. The molecule has 0 bridgehead atoms. The van der Waals surface area contributed by atoms with Crippen molar-refractivity contribution in [1.82, 2.24) is 15.4 Å². The van der Waals surface area contributed by atoms with E-state index < -0.39 is 28.0 Å². The Labute approximate surface area is 322 Å². The summed E-state index contributed by atoms with van der Waals surface area (Å²) in [7, 11) is -2.60. The molecule has 1 aromatic carbocycles. The minimum Gasteiger partial charge on any atom is -0.488 e. The van der Waals surface area contributed by atoms with Crippen LogP contribution in [0.2, 0.25) is 0 Å². The number of methoxy groups -OCH3 is 1. The standard InChI is InChI=1S/C40H65N5O8S/c1-28(2)25-31(27-46)43-38(49)34(44-37(48)33(29-15-12-13-16-29)17-10-8-6-7-9-11-19-36(47)52-5)18-14-24-42-39(41)45-54(50,51)32-20-21-35-30(26-32)22-23-40(3,4)53-35/h20-21,26-29,31,33-34H,6-19,22-25H2,1-5H3,(H,43,49)(H,44,48)(H3,41,42,45)/t31?,33?,34-/m0/s1. The normalized spacial score (nSPS) is 17.5. The van der Waals surface area contributed by atoms with Gasteiger partial charge in [-0.05, 0) is 107 Å². The smallest absolute Gasteiger partial charge is 0.305 e. The van der Waals surface area contributed by atoms with Gasteiger partial charge in [0.25, 0.3) is 10.0 Å². The number of aryl methyl sites for hydroxylation is 1. The Bertz CT molecular complexity index is 1520. The highest BCUT2D eigenvalue weighted by atomic mass is 32.2. The summed E-state index contributed by atoms with van der Waals surface area (Å²) in [6.07, 6.45) is 14.2. The topological polar surface area (TPSA) is 195 Å². The number of nitrogens with one attached hydrogen (secondary N) is 3. The number of amides is 2. The monoisotopic (exact) mass is 775 g/mol. The predicted molar refractivity (Wildman–Crippen MR) is 209 cm³/mol. The lowest BCUT2D eigenvalue weighted by Crippen LogP contribution is -2.52. The molecule has 54 heavy (non-hydrogen) atoms. The van der Waals surface area contributed by atoms with Crippen LogP contribution in [0.4, 0.5) is 0 Å². The van der Waals surface area contributed by atoms with Gasteiger partial charge in [-0.15, -0.1) is 0 Å².